The first-order chi connectivity index (χ1) is 15.5. The number of benzene rings is 3. The van der Waals surface area contributed by atoms with Crippen molar-refractivity contribution in [2.75, 3.05) is 5.32 Å². The molecule has 1 N–H and O–H groups in total. The Morgan fingerprint density at radius 1 is 1.00 bits per heavy atom. The molecule has 3 aromatic carbocycles. The maximum atomic E-state index is 13.0. The molecule has 1 heterocycles. The van der Waals surface area contributed by atoms with Gasteiger partial charge in [0.25, 0.3) is 5.91 Å². The zero-order valence-corrected chi connectivity index (χ0v) is 18.9. The van der Waals surface area contributed by atoms with Crippen molar-refractivity contribution < 1.29 is 14.3 Å². The van der Waals surface area contributed by atoms with E-state index in [2.05, 4.69) is 5.32 Å². The van der Waals surface area contributed by atoms with Gasteiger partial charge in [-0.2, -0.15) is 0 Å². The Bertz CT molecular complexity index is 1180. The molecule has 0 aliphatic carbocycles. The van der Waals surface area contributed by atoms with Gasteiger partial charge in [-0.3, -0.25) is 14.5 Å². The third-order valence-electron chi connectivity index (χ3n) is 4.77. The van der Waals surface area contributed by atoms with Crippen LogP contribution in [-0.4, -0.2) is 27.1 Å². The lowest BCUT2D eigenvalue weighted by atomic mass is 10.2. The topological polar surface area (TPSA) is 58.6 Å². The molecule has 4 rings (SSSR count). The Labute approximate surface area is 196 Å². The van der Waals surface area contributed by atoms with Crippen LogP contribution in [0.3, 0.4) is 0 Å². The summed E-state index contributed by atoms with van der Waals surface area (Å²) >= 11 is 6.59. The van der Waals surface area contributed by atoms with Crippen molar-refractivity contribution in [3.05, 3.63) is 95.4 Å². The van der Waals surface area contributed by atoms with E-state index in [0.29, 0.717) is 20.7 Å². The smallest absolute Gasteiger partial charge is 0.266 e. The molecule has 1 atom stereocenters. The fourth-order valence-electron chi connectivity index (χ4n) is 3.14. The van der Waals surface area contributed by atoms with Crippen molar-refractivity contribution in [3.8, 4) is 11.5 Å². The normalized spacial score (nSPS) is 15.7. The Morgan fingerprint density at radius 2 is 1.66 bits per heavy atom. The third kappa shape index (κ3) is 5.07. The average molecular weight is 461 g/mol. The maximum Gasteiger partial charge on any atom is 0.266 e. The lowest BCUT2D eigenvalue weighted by molar-refractivity contribution is -0.129. The summed E-state index contributed by atoms with van der Waals surface area (Å²) in [4.78, 5) is 27.5. The summed E-state index contributed by atoms with van der Waals surface area (Å²) in [5.74, 6) is 0.808. The highest BCUT2D eigenvalue weighted by Gasteiger charge is 2.38. The molecule has 1 unspecified atom stereocenters. The van der Waals surface area contributed by atoms with Crippen molar-refractivity contribution in [3.63, 3.8) is 0 Å². The monoisotopic (exact) mass is 460 g/mol. The molecule has 1 fully saturated rings. The highest BCUT2D eigenvalue weighted by atomic mass is 32.2. The summed E-state index contributed by atoms with van der Waals surface area (Å²) in [7, 11) is 0. The molecule has 0 spiro atoms. The van der Waals surface area contributed by atoms with E-state index in [-0.39, 0.29) is 11.8 Å². The van der Waals surface area contributed by atoms with Gasteiger partial charge >= 0.3 is 0 Å². The number of nitrogens with zero attached hydrogens (tertiary/aromatic N) is 1. The molecule has 3 aromatic rings. The number of thioether (sulfide) groups is 1. The van der Waals surface area contributed by atoms with Gasteiger partial charge in [0.15, 0.2) is 0 Å². The number of carbonyl (C=O) groups is 2. The second-order valence-electron chi connectivity index (χ2n) is 7.07. The van der Waals surface area contributed by atoms with Crippen LogP contribution >= 0.6 is 24.0 Å². The number of hydrogen-bond acceptors (Lipinski definition) is 5. The molecule has 0 radical (unpaired) electrons. The summed E-state index contributed by atoms with van der Waals surface area (Å²) < 4.78 is 6.22. The quantitative estimate of drug-likeness (QED) is 0.377. The van der Waals surface area contributed by atoms with Crippen molar-refractivity contribution in [1.29, 1.82) is 0 Å². The molecule has 7 heteroatoms. The molecule has 160 valence electrons. The minimum atomic E-state index is -0.735. The van der Waals surface area contributed by atoms with Crippen molar-refractivity contribution in [2.24, 2.45) is 0 Å². The summed E-state index contributed by atoms with van der Waals surface area (Å²) in [6.45, 7) is 1.67. The van der Waals surface area contributed by atoms with Crippen molar-refractivity contribution in [2.45, 2.75) is 13.0 Å². The second-order valence-corrected chi connectivity index (χ2v) is 8.75. The number of nitrogens with one attached hydrogen (secondary N) is 1. The predicted molar refractivity (Wildman–Crippen MR) is 133 cm³/mol. The van der Waals surface area contributed by atoms with E-state index < -0.39 is 6.04 Å². The average Bonchev–Trinajstić information content (AvgIpc) is 3.07. The number of thiocarbonyl (C=S) groups is 1. The number of carbonyl (C=O) groups excluding carboxylic acids is 2. The zero-order valence-electron chi connectivity index (χ0n) is 17.2. The van der Waals surface area contributed by atoms with Crippen LogP contribution in [0.25, 0.3) is 6.08 Å². The fraction of sp³-hybridized carbons (Fsp3) is 0.0800. The number of anilines is 1. The first-order valence-corrected chi connectivity index (χ1v) is 11.2. The summed E-state index contributed by atoms with van der Waals surface area (Å²) in [6.07, 6.45) is 1.76. The van der Waals surface area contributed by atoms with Gasteiger partial charge in [0.2, 0.25) is 5.91 Å². The molecule has 1 aliphatic rings. The number of para-hydroxylation sites is 2. The predicted octanol–water partition coefficient (Wildman–Crippen LogP) is 5.71. The molecule has 0 bridgehead atoms. The standard InChI is InChI=1S/C25H20N2O3S2/c1-17(23(28)26-19-10-4-2-5-11-19)27-24(29)22(32-25(27)31)16-18-9-8-14-21(15-18)30-20-12-6-3-7-13-20/h2-17H,1H3,(H,26,28)/b22-16-. The number of ether oxygens (including phenoxy) is 1. The third-order valence-corrected chi connectivity index (χ3v) is 6.10. The van der Waals surface area contributed by atoms with Crippen molar-refractivity contribution in [1.82, 2.24) is 4.90 Å². The molecule has 0 saturated carbocycles. The van der Waals surface area contributed by atoms with Gasteiger partial charge in [0.1, 0.15) is 21.9 Å². The summed E-state index contributed by atoms with van der Waals surface area (Å²) in [6, 6.07) is 25.3. The first kappa shape index (κ1) is 21.8. The lowest BCUT2D eigenvalue weighted by Crippen LogP contribution is -2.44. The molecule has 1 saturated heterocycles. The van der Waals surface area contributed by atoms with Crippen LogP contribution in [0.4, 0.5) is 5.69 Å². The van der Waals surface area contributed by atoms with Gasteiger partial charge in [0, 0.05) is 5.69 Å². The van der Waals surface area contributed by atoms with Gasteiger partial charge in [-0.25, -0.2) is 0 Å². The van der Waals surface area contributed by atoms with Crippen LogP contribution in [0.1, 0.15) is 12.5 Å². The van der Waals surface area contributed by atoms with Gasteiger partial charge in [-0.05, 0) is 55.0 Å². The maximum absolute atomic E-state index is 13.0. The van der Waals surface area contributed by atoms with Crippen LogP contribution < -0.4 is 10.1 Å². The minimum absolute atomic E-state index is 0.287. The largest absolute Gasteiger partial charge is 0.457 e. The fourth-order valence-corrected chi connectivity index (χ4v) is 4.56. The Kier molecular flexibility index (Phi) is 6.68. The first-order valence-electron chi connectivity index (χ1n) is 9.97. The van der Waals surface area contributed by atoms with Crippen molar-refractivity contribution >= 4 is 51.9 Å². The van der Waals surface area contributed by atoms with E-state index in [9.17, 15) is 9.59 Å². The Hall–Kier alpha value is -3.42. The second kappa shape index (κ2) is 9.80. The zero-order chi connectivity index (χ0) is 22.5. The molecule has 0 aromatic heterocycles. The highest BCUT2D eigenvalue weighted by Crippen LogP contribution is 2.34. The molecule has 1 aliphatic heterocycles. The van der Waals surface area contributed by atoms with Gasteiger partial charge in [0.05, 0.1) is 4.91 Å². The van der Waals surface area contributed by atoms with E-state index in [1.54, 1.807) is 25.1 Å². The number of rotatable bonds is 6. The number of hydrogen-bond donors (Lipinski definition) is 1. The van der Waals surface area contributed by atoms with Crippen LogP contribution in [0.15, 0.2) is 89.8 Å². The SMILES string of the molecule is CC(C(=O)Nc1ccccc1)N1C(=O)/C(=C/c2cccc(Oc3ccccc3)c2)SC1=S. The van der Waals surface area contributed by atoms with Crippen LogP contribution in [0, 0.1) is 0 Å². The molecule has 32 heavy (non-hydrogen) atoms. The number of amides is 2. The molecular formula is C25H20N2O3S2. The summed E-state index contributed by atoms with van der Waals surface area (Å²) in [5, 5.41) is 2.82. The van der Waals surface area contributed by atoms with Crippen LogP contribution in [0.5, 0.6) is 11.5 Å². The van der Waals surface area contributed by atoms with Crippen LogP contribution in [0.2, 0.25) is 0 Å². The summed E-state index contributed by atoms with van der Waals surface area (Å²) in [5.41, 5.74) is 1.47. The van der Waals surface area contributed by atoms with Gasteiger partial charge in [-0.15, -0.1) is 0 Å². The van der Waals surface area contributed by atoms with E-state index in [1.807, 2.05) is 72.8 Å². The lowest BCUT2D eigenvalue weighted by Gasteiger charge is -2.22. The Balaban J connectivity index is 1.48. The highest BCUT2D eigenvalue weighted by molar-refractivity contribution is 8.26. The Morgan fingerprint density at radius 3 is 2.38 bits per heavy atom. The van der Waals surface area contributed by atoms with Crippen LogP contribution in [-0.2, 0) is 9.59 Å². The van der Waals surface area contributed by atoms with Gasteiger partial charge < -0.3 is 10.1 Å². The van der Waals surface area contributed by atoms with Gasteiger partial charge in [-0.1, -0.05) is 72.5 Å². The minimum Gasteiger partial charge on any atom is -0.457 e. The molecule has 2 amide bonds. The van der Waals surface area contributed by atoms with E-state index >= 15 is 0 Å². The molecular weight excluding hydrogens is 440 g/mol. The van der Waals surface area contributed by atoms with E-state index in [0.717, 1.165) is 11.3 Å². The van der Waals surface area contributed by atoms with E-state index in [4.69, 9.17) is 17.0 Å². The molecule has 5 nitrogen and oxygen atoms in total. The van der Waals surface area contributed by atoms with E-state index in [1.165, 1.54) is 16.7 Å².